The van der Waals surface area contributed by atoms with E-state index in [1.807, 2.05) is 0 Å². The first-order chi connectivity index (χ1) is 7.34. The minimum absolute atomic E-state index is 0.00345. The number of ketones is 1. The molecule has 0 radical (unpaired) electrons. The molecule has 0 amide bonds. The van der Waals surface area contributed by atoms with Gasteiger partial charge in [-0.2, -0.15) is 0 Å². The van der Waals surface area contributed by atoms with Crippen LogP contribution in [0, 0.1) is 0 Å². The Kier molecular flexibility index (Phi) is 2.09. The van der Waals surface area contributed by atoms with Crippen LogP contribution in [0.4, 0.5) is 0 Å². The summed E-state index contributed by atoms with van der Waals surface area (Å²) in [5.74, 6) is 0.709. The van der Waals surface area contributed by atoms with Gasteiger partial charge in [0.05, 0.1) is 11.7 Å². The smallest absolute Gasteiger partial charge is 0.214 e. The predicted octanol–water partition coefficient (Wildman–Crippen LogP) is 0.833. The van der Waals surface area contributed by atoms with Crippen molar-refractivity contribution in [3.05, 3.63) is 17.2 Å². The summed E-state index contributed by atoms with van der Waals surface area (Å²) in [6.07, 6.45) is 5.29. The number of carbonyl (C=O) groups is 1. The van der Waals surface area contributed by atoms with E-state index in [9.17, 15) is 4.79 Å². The Labute approximate surface area is 88.5 Å². The first-order valence-electron chi connectivity index (χ1n) is 5.70. The monoisotopic (exact) mass is 205 g/mol. The lowest BCUT2D eigenvalue weighted by Gasteiger charge is -2.05. The summed E-state index contributed by atoms with van der Waals surface area (Å²) in [6.45, 7) is 0.955. The molecule has 1 aromatic rings. The average molecular weight is 205 g/mol. The van der Waals surface area contributed by atoms with E-state index in [0.29, 0.717) is 5.82 Å². The fraction of sp³-hybridized carbons (Fsp3) is 0.636. The zero-order valence-electron chi connectivity index (χ0n) is 8.68. The van der Waals surface area contributed by atoms with Gasteiger partial charge in [-0.25, -0.2) is 4.98 Å². The highest BCUT2D eigenvalue weighted by molar-refractivity contribution is 5.97. The maximum absolute atomic E-state index is 12.0. The van der Waals surface area contributed by atoms with E-state index in [0.717, 1.165) is 37.9 Å². The molecule has 4 heteroatoms. The molecule has 0 aromatic carbocycles. The van der Waals surface area contributed by atoms with Crippen LogP contribution < -0.4 is 5.32 Å². The van der Waals surface area contributed by atoms with Gasteiger partial charge < -0.3 is 10.3 Å². The molecule has 80 valence electrons. The van der Waals surface area contributed by atoms with E-state index in [2.05, 4.69) is 15.3 Å². The van der Waals surface area contributed by atoms with Crippen LogP contribution in [-0.4, -0.2) is 28.3 Å². The molecule has 4 nitrogen and oxygen atoms in total. The molecular formula is C11H15N3O. The van der Waals surface area contributed by atoms with Crippen LogP contribution in [0.2, 0.25) is 0 Å². The van der Waals surface area contributed by atoms with Gasteiger partial charge in [-0.1, -0.05) is 0 Å². The van der Waals surface area contributed by atoms with Gasteiger partial charge in [-0.05, 0) is 38.6 Å². The van der Waals surface area contributed by atoms with Gasteiger partial charge in [-0.15, -0.1) is 0 Å². The number of carbonyl (C=O) groups excluding carboxylic acids is 1. The summed E-state index contributed by atoms with van der Waals surface area (Å²) in [7, 11) is 0. The first kappa shape index (κ1) is 9.09. The van der Waals surface area contributed by atoms with Crippen LogP contribution in [-0.2, 0) is 12.8 Å². The molecule has 1 aliphatic heterocycles. The van der Waals surface area contributed by atoms with Crippen molar-refractivity contribution in [2.45, 2.75) is 38.1 Å². The molecule has 2 aliphatic rings. The highest BCUT2D eigenvalue weighted by Gasteiger charge is 2.27. The minimum atomic E-state index is -0.00345. The molecule has 15 heavy (non-hydrogen) atoms. The van der Waals surface area contributed by atoms with E-state index in [4.69, 9.17) is 0 Å². The number of fused-ring (bicyclic) bond motifs is 1. The molecule has 1 aliphatic carbocycles. The van der Waals surface area contributed by atoms with Crippen LogP contribution in [0.3, 0.4) is 0 Å². The van der Waals surface area contributed by atoms with Crippen LogP contribution in [0.1, 0.15) is 41.3 Å². The zero-order chi connectivity index (χ0) is 10.3. The Morgan fingerprint density at radius 2 is 2.27 bits per heavy atom. The second-order valence-corrected chi connectivity index (χ2v) is 4.38. The Hall–Kier alpha value is -1.16. The molecule has 0 bridgehead atoms. The number of rotatable bonds is 2. The molecular weight excluding hydrogens is 190 g/mol. The van der Waals surface area contributed by atoms with Crippen LogP contribution >= 0.6 is 0 Å². The number of H-pyrrole nitrogens is 1. The van der Waals surface area contributed by atoms with E-state index >= 15 is 0 Å². The number of aromatic amines is 1. The maximum Gasteiger partial charge on any atom is 0.214 e. The number of nitrogens with zero attached hydrogens (tertiary/aromatic N) is 1. The number of Topliss-reactive ketones (excluding diaryl/α,β-unsaturated/α-hetero) is 1. The number of nitrogens with one attached hydrogen (secondary N) is 2. The van der Waals surface area contributed by atoms with Gasteiger partial charge in [-0.3, -0.25) is 4.79 Å². The topological polar surface area (TPSA) is 57.8 Å². The van der Waals surface area contributed by atoms with E-state index in [-0.39, 0.29) is 11.8 Å². The molecule has 1 unspecified atom stereocenters. The quantitative estimate of drug-likeness (QED) is 0.703. The molecule has 0 spiro atoms. The van der Waals surface area contributed by atoms with Crippen molar-refractivity contribution in [1.29, 1.82) is 0 Å². The van der Waals surface area contributed by atoms with Gasteiger partial charge in [0, 0.05) is 5.69 Å². The lowest BCUT2D eigenvalue weighted by molar-refractivity contribution is 0.0942. The second kappa shape index (κ2) is 3.45. The normalized spacial score (nSPS) is 24.4. The van der Waals surface area contributed by atoms with Crippen LogP contribution in [0.25, 0.3) is 0 Å². The third kappa shape index (κ3) is 1.49. The molecule has 1 saturated heterocycles. The molecule has 1 aromatic heterocycles. The van der Waals surface area contributed by atoms with Crippen LogP contribution in [0.15, 0.2) is 0 Å². The van der Waals surface area contributed by atoms with Crippen molar-refractivity contribution in [3.63, 3.8) is 0 Å². The van der Waals surface area contributed by atoms with Crippen molar-refractivity contribution in [2.24, 2.45) is 0 Å². The average Bonchev–Trinajstić information content (AvgIpc) is 2.92. The SMILES string of the molecule is O=C(c1nc2c([nH]1)CCC2)C1CCCN1. The van der Waals surface area contributed by atoms with E-state index in [1.165, 1.54) is 12.1 Å². The zero-order valence-corrected chi connectivity index (χ0v) is 8.68. The predicted molar refractivity (Wildman–Crippen MR) is 56.0 cm³/mol. The van der Waals surface area contributed by atoms with Gasteiger partial charge in [0.2, 0.25) is 5.78 Å². The van der Waals surface area contributed by atoms with Crippen molar-refractivity contribution in [3.8, 4) is 0 Å². The highest BCUT2D eigenvalue weighted by Crippen LogP contribution is 2.20. The van der Waals surface area contributed by atoms with Gasteiger partial charge in [0.1, 0.15) is 0 Å². The summed E-state index contributed by atoms with van der Waals surface area (Å²) >= 11 is 0. The summed E-state index contributed by atoms with van der Waals surface area (Å²) < 4.78 is 0. The number of imidazole rings is 1. The first-order valence-corrected chi connectivity index (χ1v) is 5.70. The lowest BCUT2D eigenvalue weighted by atomic mass is 10.1. The molecule has 2 heterocycles. The van der Waals surface area contributed by atoms with Crippen molar-refractivity contribution < 1.29 is 4.79 Å². The van der Waals surface area contributed by atoms with Crippen molar-refractivity contribution in [2.75, 3.05) is 6.54 Å². The third-order valence-electron chi connectivity index (χ3n) is 3.31. The summed E-state index contributed by atoms with van der Waals surface area (Å²) in [6, 6.07) is -0.00345. The Bertz CT molecular complexity index is 369. The fourth-order valence-electron chi connectivity index (χ4n) is 2.48. The minimum Gasteiger partial charge on any atom is -0.339 e. The summed E-state index contributed by atoms with van der Waals surface area (Å²) in [5, 5.41) is 3.21. The Morgan fingerprint density at radius 1 is 1.33 bits per heavy atom. The Morgan fingerprint density at radius 3 is 3.00 bits per heavy atom. The van der Waals surface area contributed by atoms with Gasteiger partial charge in [0.15, 0.2) is 5.82 Å². The highest BCUT2D eigenvalue weighted by atomic mass is 16.1. The lowest BCUT2D eigenvalue weighted by Crippen LogP contribution is -2.31. The second-order valence-electron chi connectivity index (χ2n) is 4.38. The molecule has 2 N–H and O–H groups in total. The standard InChI is InChI=1S/C11H15N3O/c15-10(9-5-2-6-12-9)11-13-7-3-1-4-8(7)14-11/h9,12H,1-6H2,(H,13,14). The molecule has 0 saturated carbocycles. The maximum atomic E-state index is 12.0. The van der Waals surface area contributed by atoms with E-state index in [1.54, 1.807) is 0 Å². The summed E-state index contributed by atoms with van der Waals surface area (Å²) in [5.41, 5.74) is 2.28. The van der Waals surface area contributed by atoms with Crippen molar-refractivity contribution in [1.82, 2.24) is 15.3 Å². The number of aromatic nitrogens is 2. The van der Waals surface area contributed by atoms with E-state index < -0.39 is 0 Å². The molecule has 3 rings (SSSR count). The summed E-state index contributed by atoms with van der Waals surface area (Å²) in [4.78, 5) is 19.6. The number of hydrogen-bond acceptors (Lipinski definition) is 3. The van der Waals surface area contributed by atoms with Crippen LogP contribution in [0.5, 0.6) is 0 Å². The largest absolute Gasteiger partial charge is 0.339 e. The number of aryl methyl sites for hydroxylation is 2. The Balaban J connectivity index is 1.83. The molecule has 1 atom stereocenters. The van der Waals surface area contributed by atoms with Gasteiger partial charge in [0.25, 0.3) is 0 Å². The van der Waals surface area contributed by atoms with Gasteiger partial charge >= 0.3 is 0 Å². The number of hydrogen-bond donors (Lipinski definition) is 2. The fourth-order valence-corrected chi connectivity index (χ4v) is 2.48. The third-order valence-corrected chi connectivity index (χ3v) is 3.31. The van der Waals surface area contributed by atoms with Crippen molar-refractivity contribution >= 4 is 5.78 Å². The molecule has 1 fully saturated rings.